The van der Waals surface area contributed by atoms with E-state index in [0.29, 0.717) is 25.2 Å². The summed E-state index contributed by atoms with van der Waals surface area (Å²) in [7, 11) is 0. The van der Waals surface area contributed by atoms with E-state index in [-0.39, 0.29) is 24.0 Å². The summed E-state index contributed by atoms with van der Waals surface area (Å²) in [4.78, 5) is 19.1. The number of halogens is 1. The molecule has 0 saturated heterocycles. The molecular weight excluding hydrogens is 285 g/mol. The Labute approximate surface area is 130 Å². The number of benzene rings is 1. The molecule has 1 N–H and O–H groups in total. The molecule has 1 aliphatic heterocycles. The second kappa shape index (κ2) is 7.24. The van der Waals surface area contributed by atoms with Gasteiger partial charge in [-0.05, 0) is 32.9 Å². The van der Waals surface area contributed by atoms with Crippen LogP contribution in [0.1, 0.15) is 32.8 Å². The third-order valence-corrected chi connectivity index (χ3v) is 3.40. The van der Waals surface area contributed by atoms with E-state index < -0.39 is 0 Å². The minimum Gasteiger partial charge on any atom is -0.390 e. The number of hydrogen-bond donors (Lipinski definition) is 1. The molecule has 120 valence electrons. The van der Waals surface area contributed by atoms with Gasteiger partial charge in [0, 0.05) is 24.6 Å². The number of nitrogens with zero attached hydrogens (tertiary/aromatic N) is 2. The van der Waals surface area contributed by atoms with Crippen LogP contribution in [0.2, 0.25) is 0 Å². The molecule has 0 spiro atoms. The fraction of sp³-hybridized carbons (Fsp3) is 0.500. The van der Waals surface area contributed by atoms with Crippen LogP contribution in [-0.4, -0.2) is 41.9 Å². The Morgan fingerprint density at radius 2 is 2.32 bits per heavy atom. The predicted molar refractivity (Wildman–Crippen MR) is 83.3 cm³/mol. The molecule has 5 nitrogen and oxygen atoms in total. The molecule has 1 unspecified atom stereocenters. The lowest BCUT2D eigenvalue weighted by molar-refractivity contribution is 0.0614. The minimum absolute atomic E-state index is 0.0881. The first kappa shape index (κ1) is 16.3. The van der Waals surface area contributed by atoms with Crippen molar-refractivity contribution in [2.45, 2.75) is 39.3 Å². The zero-order valence-electron chi connectivity index (χ0n) is 13.2. The Bertz CT molecular complexity index is 560. The molecule has 1 heterocycles. The van der Waals surface area contributed by atoms with Crippen LogP contribution in [0.15, 0.2) is 29.4 Å². The maximum Gasteiger partial charge on any atom is 0.317 e. The molecule has 6 heteroatoms. The molecule has 22 heavy (non-hydrogen) atoms. The lowest BCUT2D eigenvalue weighted by atomic mass is 10.0. The van der Waals surface area contributed by atoms with Gasteiger partial charge in [0.1, 0.15) is 5.82 Å². The lowest BCUT2D eigenvalue weighted by Crippen LogP contribution is -2.45. The summed E-state index contributed by atoms with van der Waals surface area (Å²) in [5.74, 6) is -0.296. The number of rotatable bonds is 5. The molecule has 0 aliphatic carbocycles. The molecule has 1 aromatic carbocycles. The van der Waals surface area contributed by atoms with Crippen molar-refractivity contribution < 1.29 is 14.0 Å². The maximum atomic E-state index is 13.3. The summed E-state index contributed by atoms with van der Waals surface area (Å²) in [5.41, 5.74) is 1.43. The van der Waals surface area contributed by atoms with E-state index in [1.807, 2.05) is 20.8 Å². The first-order valence-corrected chi connectivity index (χ1v) is 7.53. The average molecular weight is 307 g/mol. The van der Waals surface area contributed by atoms with E-state index >= 15 is 0 Å². The highest BCUT2D eigenvalue weighted by atomic mass is 19.1. The highest BCUT2D eigenvalue weighted by Gasteiger charge is 2.26. The normalized spacial score (nSPS) is 17.1. The van der Waals surface area contributed by atoms with Gasteiger partial charge in [-0.15, -0.1) is 0 Å². The quantitative estimate of drug-likeness (QED) is 0.909. The van der Waals surface area contributed by atoms with Crippen molar-refractivity contribution in [2.24, 2.45) is 5.16 Å². The third kappa shape index (κ3) is 4.19. The van der Waals surface area contributed by atoms with Crippen molar-refractivity contribution in [3.8, 4) is 0 Å². The predicted octanol–water partition coefficient (Wildman–Crippen LogP) is 2.76. The highest BCUT2D eigenvalue weighted by molar-refractivity contribution is 6.01. The van der Waals surface area contributed by atoms with Gasteiger partial charge in [-0.1, -0.05) is 17.3 Å². The van der Waals surface area contributed by atoms with Crippen LogP contribution in [0.4, 0.5) is 9.18 Å². The monoisotopic (exact) mass is 307 g/mol. The summed E-state index contributed by atoms with van der Waals surface area (Å²) in [6.07, 6.45) is 0.366. The Hall–Kier alpha value is -2.11. The van der Waals surface area contributed by atoms with Gasteiger partial charge in [0.15, 0.2) is 6.10 Å². The summed E-state index contributed by atoms with van der Waals surface area (Å²) in [6, 6.07) is 6.26. The highest BCUT2D eigenvalue weighted by Crippen LogP contribution is 2.18. The van der Waals surface area contributed by atoms with E-state index in [1.54, 1.807) is 17.0 Å². The van der Waals surface area contributed by atoms with Crippen LogP contribution in [0.3, 0.4) is 0 Å². The van der Waals surface area contributed by atoms with Crippen LogP contribution < -0.4 is 5.32 Å². The molecule has 0 fully saturated rings. The number of hydrogen-bond acceptors (Lipinski definition) is 3. The Kier molecular flexibility index (Phi) is 5.35. The molecule has 1 aromatic rings. The number of oxime groups is 1. The third-order valence-electron chi connectivity index (χ3n) is 3.40. The molecule has 2 amide bonds. The average Bonchev–Trinajstić information content (AvgIpc) is 2.92. The van der Waals surface area contributed by atoms with Crippen LogP contribution in [0, 0.1) is 5.82 Å². The fourth-order valence-electron chi connectivity index (χ4n) is 2.30. The van der Waals surface area contributed by atoms with Gasteiger partial charge in [0.2, 0.25) is 0 Å². The minimum atomic E-state index is -0.296. The van der Waals surface area contributed by atoms with Crippen molar-refractivity contribution in [3.05, 3.63) is 35.6 Å². The number of carbonyl (C=O) groups excluding carboxylic acids is 1. The molecular formula is C16H22FN3O2. The second-order valence-electron chi connectivity index (χ2n) is 5.62. The zero-order valence-corrected chi connectivity index (χ0v) is 13.2. The number of amides is 2. The molecule has 0 saturated carbocycles. The van der Waals surface area contributed by atoms with Crippen molar-refractivity contribution in [1.29, 1.82) is 0 Å². The zero-order chi connectivity index (χ0) is 16.1. The first-order chi connectivity index (χ1) is 10.5. The van der Waals surface area contributed by atoms with Gasteiger partial charge in [0.25, 0.3) is 0 Å². The van der Waals surface area contributed by atoms with Gasteiger partial charge >= 0.3 is 6.03 Å². The van der Waals surface area contributed by atoms with Crippen LogP contribution in [-0.2, 0) is 4.84 Å². The van der Waals surface area contributed by atoms with E-state index in [4.69, 9.17) is 4.84 Å². The Balaban J connectivity index is 1.92. The molecule has 0 bridgehead atoms. The van der Waals surface area contributed by atoms with E-state index in [2.05, 4.69) is 10.5 Å². The summed E-state index contributed by atoms with van der Waals surface area (Å²) < 4.78 is 13.3. The van der Waals surface area contributed by atoms with Gasteiger partial charge in [-0.3, -0.25) is 0 Å². The van der Waals surface area contributed by atoms with Crippen LogP contribution >= 0.6 is 0 Å². The van der Waals surface area contributed by atoms with Crippen LogP contribution in [0.5, 0.6) is 0 Å². The van der Waals surface area contributed by atoms with Gasteiger partial charge in [-0.2, -0.15) is 0 Å². The number of nitrogens with one attached hydrogen (secondary N) is 1. The smallest absolute Gasteiger partial charge is 0.317 e. The molecule has 1 aliphatic rings. The van der Waals surface area contributed by atoms with E-state index in [9.17, 15) is 9.18 Å². The summed E-state index contributed by atoms with van der Waals surface area (Å²) >= 11 is 0. The van der Waals surface area contributed by atoms with Crippen molar-refractivity contribution >= 4 is 11.7 Å². The van der Waals surface area contributed by atoms with Crippen molar-refractivity contribution in [2.75, 3.05) is 13.1 Å². The molecule has 1 atom stereocenters. The number of likely N-dealkylation sites (N-methyl/N-ethyl adjacent to an activating group) is 1. The standard InChI is InChI=1S/C16H22FN3O2/c1-4-20(16(21)18-11(2)3)10-14-9-15(19-22-14)12-6-5-7-13(17)8-12/h5-8,11,14H,4,9-10H2,1-3H3,(H,18,21). The Morgan fingerprint density at radius 3 is 2.95 bits per heavy atom. The number of urea groups is 1. The maximum absolute atomic E-state index is 13.3. The number of carbonyl (C=O) groups is 1. The van der Waals surface area contributed by atoms with Gasteiger partial charge < -0.3 is 15.1 Å². The Morgan fingerprint density at radius 1 is 1.55 bits per heavy atom. The largest absolute Gasteiger partial charge is 0.390 e. The lowest BCUT2D eigenvalue weighted by Gasteiger charge is -2.24. The van der Waals surface area contributed by atoms with E-state index in [1.165, 1.54) is 12.1 Å². The molecule has 0 aromatic heterocycles. The van der Waals surface area contributed by atoms with Crippen molar-refractivity contribution in [3.63, 3.8) is 0 Å². The second-order valence-corrected chi connectivity index (χ2v) is 5.62. The van der Waals surface area contributed by atoms with E-state index in [0.717, 1.165) is 5.56 Å². The SMILES string of the molecule is CCN(CC1CC(c2cccc(F)c2)=NO1)C(=O)NC(C)C. The summed E-state index contributed by atoms with van der Waals surface area (Å²) in [6.45, 7) is 6.81. The molecule has 0 radical (unpaired) electrons. The topological polar surface area (TPSA) is 53.9 Å². The fourth-order valence-corrected chi connectivity index (χ4v) is 2.30. The van der Waals surface area contributed by atoms with Gasteiger partial charge in [0.05, 0.1) is 12.3 Å². The molecule has 2 rings (SSSR count). The summed E-state index contributed by atoms with van der Waals surface area (Å²) in [5, 5.41) is 6.89. The van der Waals surface area contributed by atoms with Gasteiger partial charge in [-0.25, -0.2) is 9.18 Å². The van der Waals surface area contributed by atoms with Crippen molar-refractivity contribution in [1.82, 2.24) is 10.2 Å². The van der Waals surface area contributed by atoms with Crippen LogP contribution in [0.25, 0.3) is 0 Å². The first-order valence-electron chi connectivity index (χ1n) is 7.53.